The Bertz CT molecular complexity index is 40.1. The van der Waals surface area contributed by atoms with Crippen LogP contribution in [-0.2, 0) is 0 Å². The van der Waals surface area contributed by atoms with Crippen LogP contribution in [0, 0.1) is 0 Å². The summed E-state index contributed by atoms with van der Waals surface area (Å²) in [4.78, 5) is 0. The maximum Gasteiger partial charge on any atom is -0.0149 e. The summed E-state index contributed by atoms with van der Waals surface area (Å²) in [7, 11) is 0. The van der Waals surface area contributed by atoms with Gasteiger partial charge >= 0.3 is 0 Å². The highest BCUT2D eigenvalue weighted by atomic mass is 28.1. The predicted octanol–water partition coefficient (Wildman–Crippen LogP) is 0.687. The molecule has 42 valence electrons. The molecule has 0 radical (unpaired) electrons. The molecule has 0 spiro atoms. The zero-order valence-electron chi connectivity index (χ0n) is 3.98. The highest BCUT2D eigenvalue weighted by Gasteiger charge is 1.66. The van der Waals surface area contributed by atoms with Crippen molar-refractivity contribution in [3.63, 3.8) is 0 Å². The summed E-state index contributed by atoms with van der Waals surface area (Å²) in [5.41, 5.74) is 0. The maximum absolute atomic E-state index is 3.55. The quantitative estimate of drug-likeness (QED) is 0.288. The zero-order chi connectivity index (χ0) is 4.83. The first-order chi connectivity index (χ1) is 2.91. The monoisotopic (exact) mass is 114 g/mol. The smallest absolute Gasteiger partial charge is 0.0149 e. The molecule has 0 fully saturated rings. The van der Waals surface area contributed by atoms with Crippen molar-refractivity contribution in [1.29, 1.82) is 0 Å². The zero-order valence-corrected chi connectivity index (χ0v) is 3.98. The fourth-order valence-corrected chi connectivity index (χ4v) is 0.236. The Morgan fingerprint density at radius 3 is 1.43 bits per heavy atom. The van der Waals surface area contributed by atoms with Crippen molar-refractivity contribution < 1.29 is 0 Å². The molecule has 0 N–H and O–H groups in total. The van der Waals surface area contributed by atoms with Crippen LogP contribution in [0.2, 0.25) is 0 Å². The van der Waals surface area contributed by atoms with Gasteiger partial charge in [-0.25, -0.2) is 0 Å². The summed E-state index contributed by atoms with van der Waals surface area (Å²) in [6.07, 6.45) is 5.90. The number of hydrogen-bond acceptors (Lipinski definition) is 0. The molecular formula is C6H14Si. The summed E-state index contributed by atoms with van der Waals surface area (Å²) in [5, 5.41) is 0. The van der Waals surface area contributed by atoms with E-state index in [1.165, 1.54) is 0 Å². The molecule has 0 heterocycles. The van der Waals surface area contributed by atoms with Crippen LogP contribution in [0.15, 0.2) is 25.3 Å². The van der Waals surface area contributed by atoms with Gasteiger partial charge in [-0.05, 0) is 23.8 Å². The van der Waals surface area contributed by atoms with Crippen LogP contribution in [0.4, 0.5) is 0 Å². The summed E-state index contributed by atoms with van der Waals surface area (Å²) < 4.78 is 0. The van der Waals surface area contributed by atoms with E-state index >= 15 is 0 Å². The van der Waals surface area contributed by atoms with Crippen LogP contribution in [0.3, 0.4) is 0 Å². The minimum absolute atomic E-state index is 0. The highest BCUT2D eigenvalue weighted by Crippen LogP contribution is 1.86. The average molecular weight is 114 g/mol. The van der Waals surface area contributed by atoms with Crippen LogP contribution in [0.25, 0.3) is 0 Å². The molecule has 0 aliphatic carbocycles. The molecule has 0 saturated heterocycles. The second kappa shape index (κ2) is 9.20. The number of hydrogen-bond donors (Lipinski definition) is 0. The van der Waals surface area contributed by atoms with Crippen LogP contribution in [0.5, 0.6) is 0 Å². The third kappa shape index (κ3) is 10.7. The summed E-state index contributed by atoms with van der Waals surface area (Å²) >= 11 is 0. The predicted molar refractivity (Wildman–Crippen MR) is 41.0 cm³/mol. The first-order valence-electron chi connectivity index (χ1n) is 2.13. The fourth-order valence-electron chi connectivity index (χ4n) is 0.236. The Labute approximate surface area is 50.0 Å². The van der Waals surface area contributed by atoms with E-state index < -0.39 is 0 Å². The van der Waals surface area contributed by atoms with E-state index in [9.17, 15) is 0 Å². The average Bonchev–Trinajstić information content (AvgIpc) is 1.61. The van der Waals surface area contributed by atoms with E-state index in [1.54, 1.807) is 0 Å². The third-order valence-electron chi connectivity index (χ3n) is 0.575. The van der Waals surface area contributed by atoms with Crippen molar-refractivity contribution >= 4 is 11.0 Å². The van der Waals surface area contributed by atoms with Gasteiger partial charge in [-0.15, -0.1) is 13.2 Å². The van der Waals surface area contributed by atoms with Gasteiger partial charge in [-0.1, -0.05) is 12.2 Å². The summed E-state index contributed by atoms with van der Waals surface area (Å²) in [6.45, 7) is 7.10. The Morgan fingerprint density at radius 2 is 1.29 bits per heavy atom. The molecule has 0 bridgehead atoms. The standard InChI is InChI=1S/C6H10.H4Si/c1-3-5-6-4-2;/h3-4H,1-2,5-6H2;1H4. The lowest BCUT2D eigenvalue weighted by atomic mass is 10.3. The lowest BCUT2D eigenvalue weighted by Crippen LogP contribution is -1.56. The molecule has 1 heteroatoms. The van der Waals surface area contributed by atoms with Crippen molar-refractivity contribution in [1.82, 2.24) is 0 Å². The lowest BCUT2D eigenvalue weighted by Gasteiger charge is -1.76. The van der Waals surface area contributed by atoms with Crippen LogP contribution >= 0.6 is 0 Å². The minimum Gasteiger partial charge on any atom is -0.103 e. The van der Waals surface area contributed by atoms with Gasteiger partial charge in [0.1, 0.15) is 0 Å². The van der Waals surface area contributed by atoms with E-state index in [4.69, 9.17) is 0 Å². The molecule has 0 amide bonds. The van der Waals surface area contributed by atoms with Crippen molar-refractivity contribution in [3.8, 4) is 0 Å². The SMILES string of the molecule is C=CCCC=C.[SiH4]. The molecular weight excluding hydrogens is 100 g/mol. The fraction of sp³-hybridized carbons (Fsp3) is 0.333. The van der Waals surface area contributed by atoms with Gasteiger partial charge in [0.15, 0.2) is 0 Å². The molecule has 0 aliphatic heterocycles. The molecule has 0 aromatic heterocycles. The van der Waals surface area contributed by atoms with Crippen LogP contribution < -0.4 is 0 Å². The molecule has 0 aliphatic rings. The number of unbranched alkanes of at least 4 members (excludes halogenated alkanes) is 1. The van der Waals surface area contributed by atoms with E-state index in [0.29, 0.717) is 0 Å². The molecule has 0 rings (SSSR count). The third-order valence-corrected chi connectivity index (χ3v) is 0.575. The van der Waals surface area contributed by atoms with E-state index in [0.717, 1.165) is 12.8 Å². The van der Waals surface area contributed by atoms with Gasteiger partial charge < -0.3 is 0 Å². The normalized spacial score (nSPS) is 6.29. The van der Waals surface area contributed by atoms with Crippen LogP contribution in [0.1, 0.15) is 12.8 Å². The molecule has 0 nitrogen and oxygen atoms in total. The lowest BCUT2D eigenvalue weighted by molar-refractivity contribution is 1.06. The molecule has 0 aromatic carbocycles. The highest BCUT2D eigenvalue weighted by molar-refractivity contribution is 5.75. The molecule has 0 aromatic rings. The second-order valence-corrected chi connectivity index (χ2v) is 1.15. The molecule has 0 unspecified atom stereocenters. The molecule has 0 atom stereocenters. The van der Waals surface area contributed by atoms with E-state index in [1.807, 2.05) is 12.2 Å². The number of allylic oxidation sites excluding steroid dienone is 2. The topological polar surface area (TPSA) is 0 Å². The van der Waals surface area contributed by atoms with Crippen molar-refractivity contribution in [2.24, 2.45) is 0 Å². The van der Waals surface area contributed by atoms with Crippen molar-refractivity contribution in [2.75, 3.05) is 0 Å². The first kappa shape index (κ1) is 9.85. The van der Waals surface area contributed by atoms with Crippen molar-refractivity contribution in [2.45, 2.75) is 12.8 Å². The Morgan fingerprint density at radius 1 is 1.00 bits per heavy atom. The maximum atomic E-state index is 3.55. The Balaban J connectivity index is 0. The Kier molecular flexibility index (Phi) is 12.9. The first-order valence-corrected chi connectivity index (χ1v) is 2.13. The molecule has 7 heavy (non-hydrogen) atoms. The van der Waals surface area contributed by atoms with Gasteiger partial charge in [-0.3, -0.25) is 0 Å². The number of rotatable bonds is 3. The van der Waals surface area contributed by atoms with Gasteiger partial charge in [0.05, 0.1) is 0 Å². The summed E-state index contributed by atoms with van der Waals surface area (Å²) in [6, 6.07) is 0. The van der Waals surface area contributed by atoms with E-state index in [2.05, 4.69) is 13.2 Å². The van der Waals surface area contributed by atoms with Crippen LogP contribution in [-0.4, -0.2) is 11.0 Å². The summed E-state index contributed by atoms with van der Waals surface area (Å²) in [5.74, 6) is 0. The van der Waals surface area contributed by atoms with Gasteiger partial charge in [0.2, 0.25) is 0 Å². The second-order valence-electron chi connectivity index (χ2n) is 1.15. The minimum atomic E-state index is 0. The molecule has 0 saturated carbocycles. The van der Waals surface area contributed by atoms with Crippen molar-refractivity contribution in [3.05, 3.63) is 25.3 Å². The van der Waals surface area contributed by atoms with Gasteiger partial charge in [-0.2, -0.15) is 0 Å². The van der Waals surface area contributed by atoms with Gasteiger partial charge in [0.25, 0.3) is 0 Å². The van der Waals surface area contributed by atoms with Gasteiger partial charge in [0, 0.05) is 0 Å². The Hall–Kier alpha value is -0.303. The largest absolute Gasteiger partial charge is 0.103 e. The van der Waals surface area contributed by atoms with E-state index in [-0.39, 0.29) is 11.0 Å².